The summed E-state index contributed by atoms with van der Waals surface area (Å²) in [7, 11) is 0. The van der Waals surface area contributed by atoms with E-state index in [1.54, 1.807) is 40.7 Å². The Morgan fingerprint density at radius 2 is 1.67 bits per heavy atom. The lowest BCUT2D eigenvalue weighted by Crippen LogP contribution is -2.38. The average Bonchev–Trinajstić information content (AvgIpc) is 3.53. The van der Waals surface area contributed by atoms with Crippen molar-refractivity contribution in [2.75, 3.05) is 18.4 Å². The number of aromatic nitrogens is 2. The Kier molecular flexibility index (Phi) is 7.89. The van der Waals surface area contributed by atoms with Crippen molar-refractivity contribution in [2.24, 2.45) is 0 Å². The first-order chi connectivity index (χ1) is 20.7. The van der Waals surface area contributed by atoms with Crippen LogP contribution in [-0.4, -0.2) is 34.8 Å². The summed E-state index contributed by atoms with van der Waals surface area (Å²) in [5.74, 6) is -0.434. The van der Waals surface area contributed by atoms with Crippen molar-refractivity contribution in [2.45, 2.75) is 24.9 Å². The van der Waals surface area contributed by atoms with Gasteiger partial charge in [0.1, 0.15) is 11.4 Å². The second-order valence-corrected chi connectivity index (χ2v) is 11.5. The van der Waals surface area contributed by atoms with Crippen LogP contribution >= 0.6 is 22.9 Å². The lowest BCUT2D eigenvalue weighted by Gasteiger charge is -2.31. The number of alkyl halides is 3. The maximum atomic E-state index is 13.5. The number of likely N-dealkylation sites (tertiary alicyclic amines) is 1. The zero-order valence-corrected chi connectivity index (χ0v) is 24.2. The van der Waals surface area contributed by atoms with Gasteiger partial charge < -0.3 is 10.2 Å². The monoisotopic (exact) mass is 621 g/mol. The zero-order valence-electron chi connectivity index (χ0n) is 22.6. The summed E-state index contributed by atoms with van der Waals surface area (Å²) in [6.45, 7) is 0.989. The molecule has 0 atom stereocenters. The van der Waals surface area contributed by atoms with Crippen molar-refractivity contribution in [1.29, 1.82) is 0 Å². The normalized spacial score (nSPS) is 14.2. The summed E-state index contributed by atoms with van der Waals surface area (Å²) in [4.78, 5) is 36.0. The predicted molar refractivity (Wildman–Crippen MR) is 160 cm³/mol. The van der Waals surface area contributed by atoms with Crippen LogP contribution in [0.25, 0.3) is 22.0 Å². The van der Waals surface area contributed by atoms with Crippen molar-refractivity contribution >= 4 is 51.3 Å². The highest BCUT2D eigenvalue weighted by molar-refractivity contribution is 7.10. The Balaban J connectivity index is 1.11. The largest absolute Gasteiger partial charge is 0.416 e. The standard InChI is InChI=1S/C32H24ClF3N4O2S/c33-28-24-7-3-4-8-25(24)37-17-26(28)38-29(41)27-18-43-30(39-27)20-13-15-40(16-14-20)31(42)23-6-2-1-5-22(23)19-9-11-21(12-10-19)32(34,35)36/h1-12,17-18,20H,13-16H2,(H,38,41)/p+1. The quantitative estimate of drug-likeness (QED) is 0.218. The highest BCUT2D eigenvalue weighted by atomic mass is 35.5. The van der Waals surface area contributed by atoms with E-state index in [9.17, 15) is 22.8 Å². The first-order valence-corrected chi connectivity index (χ1v) is 14.9. The number of hydrogen-bond acceptors (Lipinski definition) is 4. The zero-order chi connectivity index (χ0) is 30.1. The van der Waals surface area contributed by atoms with Gasteiger partial charge in [-0.1, -0.05) is 54.1 Å². The molecule has 2 amide bonds. The summed E-state index contributed by atoms with van der Waals surface area (Å²) >= 11 is 7.94. The lowest BCUT2D eigenvalue weighted by atomic mass is 9.94. The van der Waals surface area contributed by atoms with Crippen LogP contribution in [0.4, 0.5) is 18.9 Å². The van der Waals surface area contributed by atoms with Crippen LogP contribution < -0.4 is 10.3 Å². The number of carbonyl (C=O) groups excluding carboxylic acids is 2. The fourth-order valence-electron chi connectivity index (χ4n) is 5.28. The molecule has 3 heterocycles. The van der Waals surface area contributed by atoms with E-state index in [0.717, 1.165) is 28.0 Å². The van der Waals surface area contributed by atoms with Crippen molar-refractivity contribution in [3.8, 4) is 11.1 Å². The topological polar surface area (TPSA) is 76.4 Å². The fourth-order valence-corrected chi connectivity index (χ4v) is 6.51. The van der Waals surface area contributed by atoms with Crippen LogP contribution in [0.1, 0.15) is 50.2 Å². The third-order valence-electron chi connectivity index (χ3n) is 7.59. The van der Waals surface area contributed by atoms with E-state index < -0.39 is 11.7 Å². The third-order valence-corrected chi connectivity index (χ3v) is 9.00. The first kappa shape index (κ1) is 28.8. The molecule has 0 bridgehead atoms. The summed E-state index contributed by atoms with van der Waals surface area (Å²) in [5, 5.41) is 6.63. The number of nitrogens with zero attached hydrogens (tertiary/aromatic N) is 2. The number of carbonyl (C=O) groups is 2. The number of fused-ring (bicyclic) bond motifs is 1. The summed E-state index contributed by atoms with van der Waals surface area (Å²) in [5.41, 5.74) is 2.46. The Labute approximate surface area is 254 Å². The molecule has 1 fully saturated rings. The van der Waals surface area contributed by atoms with Gasteiger partial charge in [-0.15, -0.1) is 11.3 Å². The fraction of sp³-hybridized carbons (Fsp3) is 0.188. The van der Waals surface area contributed by atoms with Gasteiger partial charge in [0, 0.05) is 36.0 Å². The molecular formula is C32H25ClF3N4O2S+. The molecule has 0 radical (unpaired) electrons. The Hall–Kier alpha value is -4.28. The molecule has 6 rings (SSSR count). The van der Waals surface area contributed by atoms with E-state index in [1.807, 2.05) is 24.3 Å². The van der Waals surface area contributed by atoms with Gasteiger partial charge in [0.25, 0.3) is 11.8 Å². The van der Waals surface area contributed by atoms with Crippen molar-refractivity contribution < 1.29 is 27.7 Å². The number of aromatic amines is 1. The molecule has 11 heteroatoms. The minimum absolute atomic E-state index is 0.0957. The van der Waals surface area contributed by atoms with Crippen LogP contribution in [0.5, 0.6) is 0 Å². The molecule has 43 heavy (non-hydrogen) atoms. The number of nitrogens with one attached hydrogen (secondary N) is 2. The van der Waals surface area contributed by atoms with Gasteiger partial charge in [-0.25, -0.2) is 9.97 Å². The SMILES string of the molecule is O=C(Nc1c[nH+]c2ccccc2c1Cl)c1csc(C2CCN(C(=O)c3ccccc3-c3ccc(C(F)(F)F)cc3)CC2)n1. The summed E-state index contributed by atoms with van der Waals surface area (Å²) in [6.07, 6.45) is -1.43. The van der Waals surface area contributed by atoms with Crippen LogP contribution in [0, 0.1) is 0 Å². The molecule has 0 saturated carbocycles. The predicted octanol–water partition coefficient (Wildman–Crippen LogP) is 7.72. The lowest BCUT2D eigenvalue weighted by molar-refractivity contribution is -0.343. The number of pyridine rings is 1. The number of rotatable bonds is 5. The molecule has 3 aromatic carbocycles. The molecule has 2 aromatic heterocycles. The van der Waals surface area contributed by atoms with E-state index in [4.69, 9.17) is 11.6 Å². The van der Waals surface area contributed by atoms with Gasteiger partial charge in [0.15, 0.2) is 6.20 Å². The number of hydrogen-bond donors (Lipinski definition) is 1. The van der Waals surface area contributed by atoms with Gasteiger partial charge in [-0.2, -0.15) is 13.2 Å². The molecule has 0 unspecified atom stereocenters. The van der Waals surface area contributed by atoms with Gasteiger partial charge in [0.05, 0.1) is 21.0 Å². The van der Waals surface area contributed by atoms with Crippen LogP contribution in [0.15, 0.2) is 84.4 Å². The molecule has 6 nitrogen and oxygen atoms in total. The molecule has 1 saturated heterocycles. The van der Waals surface area contributed by atoms with Gasteiger partial charge in [-0.05, 0) is 48.2 Å². The second-order valence-electron chi connectivity index (χ2n) is 10.3. The molecule has 1 aliphatic rings. The number of amides is 2. The molecule has 2 N–H and O–H groups in total. The van der Waals surface area contributed by atoms with Gasteiger partial charge in [-0.3, -0.25) is 9.59 Å². The van der Waals surface area contributed by atoms with Crippen molar-refractivity contribution in [3.05, 3.63) is 111 Å². The number of anilines is 1. The van der Waals surface area contributed by atoms with E-state index in [-0.39, 0.29) is 17.7 Å². The Morgan fingerprint density at radius 1 is 0.977 bits per heavy atom. The molecular weight excluding hydrogens is 597 g/mol. The van der Waals surface area contributed by atoms with E-state index in [1.165, 1.54) is 23.5 Å². The van der Waals surface area contributed by atoms with Crippen LogP contribution in [0.3, 0.4) is 0 Å². The minimum atomic E-state index is -4.43. The molecule has 5 aromatic rings. The van der Waals surface area contributed by atoms with E-state index in [0.29, 0.717) is 59.0 Å². The Morgan fingerprint density at radius 3 is 2.42 bits per heavy atom. The molecule has 1 aliphatic heterocycles. The highest BCUT2D eigenvalue weighted by Crippen LogP contribution is 2.35. The van der Waals surface area contributed by atoms with E-state index >= 15 is 0 Å². The maximum Gasteiger partial charge on any atom is 0.416 e. The number of halogens is 4. The average molecular weight is 622 g/mol. The van der Waals surface area contributed by atoms with Crippen molar-refractivity contribution in [1.82, 2.24) is 9.88 Å². The minimum Gasteiger partial charge on any atom is -0.339 e. The number of thiazole rings is 1. The maximum absolute atomic E-state index is 13.5. The number of H-pyrrole nitrogens is 1. The summed E-state index contributed by atoms with van der Waals surface area (Å²) < 4.78 is 39.1. The van der Waals surface area contributed by atoms with Crippen LogP contribution in [-0.2, 0) is 6.18 Å². The molecule has 0 aliphatic carbocycles. The smallest absolute Gasteiger partial charge is 0.339 e. The van der Waals surface area contributed by atoms with Crippen molar-refractivity contribution in [3.63, 3.8) is 0 Å². The third kappa shape index (κ3) is 5.98. The first-order valence-electron chi connectivity index (χ1n) is 13.6. The Bertz CT molecular complexity index is 1820. The number of para-hydroxylation sites is 1. The van der Waals surface area contributed by atoms with Gasteiger partial charge in [0.2, 0.25) is 5.52 Å². The highest BCUT2D eigenvalue weighted by Gasteiger charge is 2.31. The molecule has 0 spiro atoms. The molecule has 218 valence electrons. The van der Waals surface area contributed by atoms with Gasteiger partial charge >= 0.3 is 6.18 Å². The number of benzene rings is 3. The summed E-state index contributed by atoms with van der Waals surface area (Å²) in [6, 6.07) is 19.3. The number of piperidine rings is 1. The van der Waals surface area contributed by atoms with E-state index in [2.05, 4.69) is 15.3 Å². The second kappa shape index (κ2) is 11.8. The van der Waals surface area contributed by atoms with Crippen LogP contribution in [0.2, 0.25) is 5.02 Å².